The first-order chi connectivity index (χ1) is 7.11. The zero-order valence-electron chi connectivity index (χ0n) is 9.82. The van der Waals surface area contributed by atoms with Gasteiger partial charge in [0.05, 0.1) is 7.11 Å². The fourth-order valence-corrected chi connectivity index (χ4v) is 2.40. The smallest absolute Gasteiger partial charge is 0.331 e. The second-order valence-electron chi connectivity index (χ2n) is 4.64. The molecular weight excluding hydrogens is 190 g/mol. The number of hydrogen-bond acceptors (Lipinski definition) is 3. The molecule has 1 rings (SSSR count). The summed E-state index contributed by atoms with van der Waals surface area (Å²) in [5.74, 6) is 1.25. The fourth-order valence-electron chi connectivity index (χ4n) is 2.40. The van der Waals surface area contributed by atoms with Crippen LogP contribution in [0, 0.1) is 11.8 Å². The van der Waals surface area contributed by atoms with Crippen molar-refractivity contribution < 1.29 is 9.53 Å². The molecule has 0 bridgehead atoms. The Morgan fingerprint density at radius 2 is 1.87 bits per heavy atom. The van der Waals surface area contributed by atoms with Gasteiger partial charge in [-0.15, -0.1) is 0 Å². The summed E-state index contributed by atoms with van der Waals surface area (Å²) < 4.78 is 4.52. The average molecular weight is 211 g/mol. The molecule has 1 aliphatic rings. The van der Waals surface area contributed by atoms with Gasteiger partial charge >= 0.3 is 5.97 Å². The van der Waals surface area contributed by atoms with Crippen LogP contribution in [-0.2, 0) is 9.53 Å². The average Bonchev–Trinajstić information content (AvgIpc) is 2.16. The van der Waals surface area contributed by atoms with Crippen molar-refractivity contribution in [3.63, 3.8) is 0 Å². The Labute approximate surface area is 91.9 Å². The van der Waals surface area contributed by atoms with Gasteiger partial charge in [-0.05, 0) is 31.1 Å². The van der Waals surface area contributed by atoms with Gasteiger partial charge in [-0.3, -0.25) is 0 Å². The van der Waals surface area contributed by atoms with Gasteiger partial charge in [0.15, 0.2) is 0 Å². The zero-order chi connectivity index (χ0) is 11.3. The van der Waals surface area contributed by atoms with E-state index in [1.807, 2.05) is 0 Å². The fraction of sp³-hybridized carbons (Fsp3) is 0.750. The summed E-state index contributed by atoms with van der Waals surface area (Å²) in [6.45, 7) is 4.57. The summed E-state index contributed by atoms with van der Waals surface area (Å²) >= 11 is 0. The molecule has 0 saturated heterocycles. The highest BCUT2D eigenvalue weighted by molar-refractivity contribution is 5.81. The van der Waals surface area contributed by atoms with E-state index in [1.54, 1.807) is 6.20 Å². The van der Waals surface area contributed by atoms with E-state index in [4.69, 9.17) is 0 Å². The van der Waals surface area contributed by atoms with E-state index in [0.29, 0.717) is 6.04 Å². The molecule has 1 N–H and O–H groups in total. The Morgan fingerprint density at radius 1 is 1.27 bits per heavy atom. The Kier molecular flexibility index (Phi) is 4.66. The lowest BCUT2D eigenvalue weighted by atomic mass is 9.80. The highest BCUT2D eigenvalue weighted by Crippen LogP contribution is 2.28. The maximum Gasteiger partial charge on any atom is 0.331 e. The normalized spacial score (nSPS) is 31.5. The van der Waals surface area contributed by atoms with Crippen LogP contribution in [0.4, 0.5) is 0 Å². The molecule has 86 valence electrons. The van der Waals surface area contributed by atoms with Crippen LogP contribution >= 0.6 is 0 Å². The molecule has 0 aromatic heterocycles. The highest BCUT2D eigenvalue weighted by atomic mass is 16.5. The SMILES string of the molecule is COC(=O)/C=C/NC1CC(C)CC(C)C1. The van der Waals surface area contributed by atoms with Gasteiger partial charge in [0.25, 0.3) is 0 Å². The minimum absolute atomic E-state index is 0.306. The topological polar surface area (TPSA) is 38.3 Å². The molecule has 0 aliphatic heterocycles. The third kappa shape index (κ3) is 4.36. The van der Waals surface area contributed by atoms with Crippen LogP contribution in [0.1, 0.15) is 33.1 Å². The van der Waals surface area contributed by atoms with Gasteiger partial charge in [-0.25, -0.2) is 4.79 Å². The summed E-state index contributed by atoms with van der Waals surface area (Å²) in [6, 6.07) is 0.504. The van der Waals surface area contributed by atoms with Crippen LogP contribution in [-0.4, -0.2) is 19.1 Å². The Morgan fingerprint density at radius 3 is 2.40 bits per heavy atom. The van der Waals surface area contributed by atoms with Crippen molar-refractivity contribution in [2.45, 2.75) is 39.2 Å². The lowest BCUT2D eigenvalue weighted by Crippen LogP contribution is -2.33. The van der Waals surface area contributed by atoms with Crippen molar-refractivity contribution in [3.05, 3.63) is 12.3 Å². The van der Waals surface area contributed by atoms with Crippen LogP contribution in [0.5, 0.6) is 0 Å². The second-order valence-corrected chi connectivity index (χ2v) is 4.64. The molecule has 3 heteroatoms. The van der Waals surface area contributed by atoms with Crippen LogP contribution in [0.25, 0.3) is 0 Å². The Hall–Kier alpha value is -0.990. The van der Waals surface area contributed by atoms with Gasteiger partial charge in [0.2, 0.25) is 0 Å². The van der Waals surface area contributed by atoms with Crippen molar-refractivity contribution in [1.82, 2.24) is 5.32 Å². The van der Waals surface area contributed by atoms with E-state index in [9.17, 15) is 4.79 Å². The molecule has 1 saturated carbocycles. The number of rotatable bonds is 3. The number of nitrogens with one attached hydrogen (secondary N) is 1. The number of esters is 1. The van der Waals surface area contributed by atoms with Crippen LogP contribution in [0.15, 0.2) is 12.3 Å². The van der Waals surface area contributed by atoms with Crippen LogP contribution in [0.3, 0.4) is 0 Å². The maximum absolute atomic E-state index is 10.8. The predicted octanol–water partition coefficient (Wildman–Crippen LogP) is 2.09. The largest absolute Gasteiger partial charge is 0.466 e. The van der Waals surface area contributed by atoms with Gasteiger partial charge < -0.3 is 10.1 Å². The summed E-state index contributed by atoms with van der Waals surface area (Å²) in [5, 5.41) is 3.27. The first-order valence-corrected chi connectivity index (χ1v) is 5.62. The van der Waals surface area contributed by atoms with Crippen LogP contribution in [0.2, 0.25) is 0 Å². The van der Waals surface area contributed by atoms with Gasteiger partial charge in [-0.1, -0.05) is 13.8 Å². The molecule has 0 aromatic carbocycles. The molecule has 2 atom stereocenters. The maximum atomic E-state index is 10.8. The lowest BCUT2D eigenvalue weighted by molar-refractivity contribution is -0.134. The minimum atomic E-state index is -0.306. The van der Waals surface area contributed by atoms with Crippen molar-refractivity contribution >= 4 is 5.97 Å². The van der Waals surface area contributed by atoms with E-state index in [1.165, 1.54) is 32.4 Å². The Balaban J connectivity index is 2.32. The molecule has 3 nitrogen and oxygen atoms in total. The minimum Gasteiger partial charge on any atom is -0.466 e. The third-order valence-corrected chi connectivity index (χ3v) is 2.93. The molecule has 0 radical (unpaired) electrons. The van der Waals surface area contributed by atoms with Crippen LogP contribution < -0.4 is 5.32 Å². The predicted molar refractivity (Wildman–Crippen MR) is 60.3 cm³/mol. The first-order valence-electron chi connectivity index (χ1n) is 5.62. The standard InChI is InChI=1S/C12H21NO2/c1-9-6-10(2)8-11(7-9)13-5-4-12(14)15-3/h4-5,9-11,13H,6-8H2,1-3H3/b5-4+. The molecule has 1 fully saturated rings. The van der Waals surface area contributed by atoms with E-state index >= 15 is 0 Å². The monoisotopic (exact) mass is 211 g/mol. The van der Waals surface area contributed by atoms with Gasteiger partial charge in [0, 0.05) is 18.3 Å². The summed E-state index contributed by atoms with van der Waals surface area (Å²) in [7, 11) is 1.39. The molecule has 2 unspecified atom stereocenters. The number of hydrogen-bond donors (Lipinski definition) is 1. The summed E-state index contributed by atoms with van der Waals surface area (Å²) in [5.41, 5.74) is 0. The van der Waals surface area contributed by atoms with Gasteiger partial charge in [0.1, 0.15) is 0 Å². The molecular formula is C12H21NO2. The molecule has 15 heavy (non-hydrogen) atoms. The van der Waals surface area contributed by atoms with Crippen molar-refractivity contribution in [3.8, 4) is 0 Å². The summed E-state index contributed by atoms with van der Waals surface area (Å²) in [4.78, 5) is 10.8. The molecule has 0 spiro atoms. The second kappa shape index (κ2) is 5.79. The molecule has 1 aliphatic carbocycles. The lowest BCUT2D eigenvalue weighted by Gasteiger charge is -2.31. The Bertz CT molecular complexity index is 228. The molecule has 0 aromatic rings. The number of methoxy groups -OCH3 is 1. The zero-order valence-corrected chi connectivity index (χ0v) is 9.82. The highest BCUT2D eigenvalue weighted by Gasteiger charge is 2.22. The molecule has 0 amide bonds. The quantitative estimate of drug-likeness (QED) is 0.574. The molecule has 0 heterocycles. The number of ether oxygens (including phenoxy) is 1. The van der Waals surface area contributed by atoms with E-state index in [0.717, 1.165) is 11.8 Å². The van der Waals surface area contributed by atoms with Crippen molar-refractivity contribution in [1.29, 1.82) is 0 Å². The third-order valence-electron chi connectivity index (χ3n) is 2.93. The van der Waals surface area contributed by atoms with Gasteiger partial charge in [-0.2, -0.15) is 0 Å². The number of carbonyl (C=O) groups excluding carboxylic acids is 1. The number of carbonyl (C=O) groups is 1. The van der Waals surface area contributed by atoms with Crippen molar-refractivity contribution in [2.24, 2.45) is 11.8 Å². The first kappa shape index (κ1) is 12.1. The van der Waals surface area contributed by atoms with E-state index < -0.39 is 0 Å². The van der Waals surface area contributed by atoms with E-state index in [2.05, 4.69) is 23.9 Å². The van der Waals surface area contributed by atoms with E-state index in [-0.39, 0.29) is 5.97 Å². The summed E-state index contributed by atoms with van der Waals surface area (Å²) in [6.07, 6.45) is 6.84. The van der Waals surface area contributed by atoms with Crippen molar-refractivity contribution in [2.75, 3.05) is 7.11 Å².